The van der Waals surface area contributed by atoms with Gasteiger partial charge in [0, 0.05) is 19.6 Å². The van der Waals surface area contributed by atoms with E-state index >= 15 is 0 Å². The summed E-state index contributed by atoms with van der Waals surface area (Å²) in [4.78, 5) is 2.55. The molecular weight excluding hydrogens is 236 g/mol. The monoisotopic (exact) mass is 262 g/mol. The Morgan fingerprint density at radius 2 is 2.16 bits per heavy atom. The van der Waals surface area contributed by atoms with Crippen molar-refractivity contribution in [2.24, 2.45) is 0 Å². The molecule has 2 rings (SSSR count). The van der Waals surface area contributed by atoms with Gasteiger partial charge in [0.2, 0.25) is 0 Å². The molecule has 1 aliphatic rings. The van der Waals surface area contributed by atoms with Gasteiger partial charge in [-0.3, -0.25) is 0 Å². The quantitative estimate of drug-likeness (QED) is 0.879. The first-order valence-corrected chi connectivity index (χ1v) is 7.42. The van der Waals surface area contributed by atoms with Gasteiger partial charge in [0.05, 0.1) is 7.11 Å². The summed E-state index contributed by atoms with van der Waals surface area (Å²) in [6.07, 6.45) is 3.42. The fraction of sp³-hybridized carbons (Fsp3) is 0.625. The van der Waals surface area contributed by atoms with Gasteiger partial charge in [-0.15, -0.1) is 0 Å². The highest BCUT2D eigenvalue weighted by Crippen LogP contribution is 2.21. The molecule has 1 saturated heterocycles. The van der Waals surface area contributed by atoms with E-state index in [-0.39, 0.29) is 0 Å². The van der Waals surface area contributed by atoms with Crippen molar-refractivity contribution in [1.82, 2.24) is 10.2 Å². The summed E-state index contributed by atoms with van der Waals surface area (Å²) in [6, 6.07) is 6.57. The van der Waals surface area contributed by atoms with Crippen LogP contribution in [0.5, 0.6) is 5.75 Å². The molecule has 1 aromatic carbocycles. The lowest BCUT2D eigenvalue weighted by Crippen LogP contribution is -2.30. The molecule has 1 aromatic rings. The Bertz CT molecular complexity index is 384. The van der Waals surface area contributed by atoms with E-state index in [0.29, 0.717) is 0 Å². The summed E-state index contributed by atoms with van der Waals surface area (Å²) in [7, 11) is 1.76. The molecule has 0 spiro atoms. The molecule has 106 valence electrons. The first-order valence-electron chi connectivity index (χ1n) is 7.42. The van der Waals surface area contributed by atoms with Crippen LogP contribution in [0, 0.1) is 0 Å². The highest BCUT2D eigenvalue weighted by Gasteiger charge is 2.10. The van der Waals surface area contributed by atoms with Crippen molar-refractivity contribution in [3.05, 3.63) is 29.3 Å². The number of nitrogens with one attached hydrogen (secondary N) is 1. The summed E-state index contributed by atoms with van der Waals surface area (Å²) in [5.74, 6) is 1.03. The number of ether oxygens (including phenoxy) is 1. The molecule has 3 heteroatoms. The van der Waals surface area contributed by atoms with Gasteiger partial charge in [-0.05, 0) is 49.5 Å². The Hall–Kier alpha value is -1.06. The molecule has 1 fully saturated rings. The second-order valence-electron chi connectivity index (χ2n) is 5.19. The molecule has 1 heterocycles. The Morgan fingerprint density at radius 1 is 1.26 bits per heavy atom. The zero-order chi connectivity index (χ0) is 13.5. The van der Waals surface area contributed by atoms with E-state index in [1.54, 1.807) is 7.11 Å². The third-order valence-corrected chi connectivity index (χ3v) is 3.88. The number of hydrogen-bond donors (Lipinski definition) is 1. The first kappa shape index (κ1) is 14.4. The molecule has 0 amide bonds. The second kappa shape index (κ2) is 7.51. The van der Waals surface area contributed by atoms with E-state index in [1.807, 2.05) is 0 Å². The summed E-state index contributed by atoms with van der Waals surface area (Å²) < 4.78 is 5.48. The van der Waals surface area contributed by atoms with Crippen molar-refractivity contribution in [3.63, 3.8) is 0 Å². The minimum absolute atomic E-state index is 1.03. The largest absolute Gasteiger partial charge is 0.496 e. The molecule has 0 bridgehead atoms. The van der Waals surface area contributed by atoms with Gasteiger partial charge in [-0.1, -0.05) is 19.1 Å². The van der Waals surface area contributed by atoms with Gasteiger partial charge < -0.3 is 15.0 Å². The Kier molecular flexibility index (Phi) is 5.67. The van der Waals surface area contributed by atoms with E-state index in [9.17, 15) is 0 Å². The normalized spacial score (nSPS) is 17.2. The van der Waals surface area contributed by atoms with Crippen LogP contribution in [0.15, 0.2) is 18.2 Å². The third-order valence-electron chi connectivity index (χ3n) is 3.88. The summed E-state index contributed by atoms with van der Waals surface area (Å²) in [6.45, 7) is 7.98. The van der Waals surface area contributed by atoms with Crippen molar-refractivity contribution in [2.75, 3.05) is 39.8 Å². The summed E-state index contributed by atoms with van der Waals surface area (Å²) in [5, 5.41) is 3.45. The fourth-order valence-corrected chi connectivity index (χ4v) is 2.65. The zero-order valence-corrected chi connectivity index (χ0v) is 12.2. The molecule has 1 aliphatic heterocycles. The Morgan fingerprint density at radius 3 is 2.95 bits per heavy atom. The molecular formula is C16H26N2O. The van der Waals surface area contributed by atoms with E-state index in [1.165, 1.54) is 24.1 Å². The SMILES string of the molecule is CCc1ccc(OC)c(CCN2CCCNCC2)c1. The summed E-state index contributed by atoms with van der Waals surface area (Å²) >= 11 is 0. The van der Waals surface area contributed by atoms with Crippen LogP contribution < -0.4 is 10.1 Å². The Labute approximate surface area is 116 Å². The standard InChI is InChI=1S/C16H26N2O/c1-3-14-5-6-16(19-2)15(13-14)7-11-18-10-4-8-17-9-12-18/h5-6,13,17H,3-4,7-12H2,1-2H3. The third kappa shape index (κ3) is 4.22. The number of rotatable bonds is 5. The smallest absolute Gasteiger partial charge is 0.122 e. The van der Waals surface area contributed by atoms with Crippen molar-refractivity contribution in [1.29, 1.82) is 0 Å². The molecule has 0 saturated carbocycles. The lowest BCUT2D eigenvalue weighted by Gasteiger charge is -2.20. The van der Waals surface area contributed by atoms with Crippen LogP contribution in [0.1, 0.15) is 24.5 Å². The topological polar surface area (TPSA) is 24.5 Å². The molecule has 0 radical (unpaired) electrons. The minimum Gasteiger partial charge on any atom is -0.496 e. The predicted molar refractivity (Wildman–Crippen MR) is 80.0 cm³/mol. The molecule has 0 atom stereocenters. The first-order chi connectivity index (χ1) is 9.33. The van der Waals surface area contributed by atoms with Crippen molar-refractivity contribution < 1.29 is 4.74 Å². The van der Waals surface area contributed by atoms with Gasteiger partial charge in [-0.2, -0.15) is 0 Å². The lowest BCUT2D eigenvalue weighted by atomic mass is 10.0. The molecule has 0 aliphatic carbocycles. The van der Waals surface area contributed by atoms with Crippen LogP contribution in [0.25, 0.3) is 0 Å². The number of nitrogens with zero attached hydrogens (tertiary/aromatic N) is 1. The van der Waals surface area contributed by atoms with Crippen LogP contribution in [0.4, 0.5) is 0 Å². The average Bonchev–Trinajstić information content (AvgIpc) is 2.73. The number of benzene rings is 1. The highest BCUT2D eigenvalue weighted by molar-refractivity contribution is 5.37. The van der Waals surface area contributed by atoms with Gasteiger partial charge in [0.1, 0.15) is 5.75 Å². The zero-order valence-electron chi connectivity index (χ0n) is 12.2. The van der Waals surface area contributed by atoms with Gasteiger partial charge in [0.25, 0.3) is 0 Å². The molecule has 3 nitrogen and oxygen atoms in total. The van der Waals surface area contributed by atoms with Gasteiger partial charge in [0.15, 0.2) is 0 Å². The lowest BCUT2D eigenvalue weighted by molar-refractivity contribution is 0.294. The van der Waals surface area contributed by atoms with Crippen molar-refractivity contribution >= 4 is 0 Å². The summed E-state index contributed by atoms with van der Waals surface area (Å²) in [5.41, 5.74) is 2.74. The average molecular weight is 262 g/mol. The number of hydrogen-bond acceptors (Lipinski definition) is 3. The van der Waals surface area contributed by atoms with Crippen molar-refractivity contribution in [3.8, 4) is 5.75 Å². The van der Waals surface area contributed by atoms with E-state index in [4.69, 9.17) is 4.74 Å². The predicted octanol–water partition coefficient (Wildman–Crippen LogP) is 2.10. The highest BCUT2D eigenvalue weighted by atomic mass is 16.5. The van der Waals surface area contributed by atoms with Gasteiger partial charge in [-0.25, -0.2) is 0 Å². The van der Waals surface area contributed by atoms with E-state index in [2.05, 4.69) is 35.3 Å². The van der Waals surface area contributed by atoms with Crippen LogP contribution in [0.2, 0.25) is 0 Å². The molecule has 0 aromatic heterocycles. The van der Waals surface area contributed by atoms with E-state index < -0.39 is 0 Å². The Balaban J connectivity index is 1.96. The molecule has 0 unspecified atom stereocenters. The maximum absolute atomic E-state index is 5.48. The maximum atomic E-state index is 5.48. The number of methoxy groups -OCH3 is 1. The fourth-order valence-electron chi connectivity index (χ4n) is 2.65. The van der Waals surface area contributed by atoms with Crippen LogP contribution in [-0.2, 0) is 12.8 Å². The number of aryl methyl sites for hydroxylation is 1. The molecule has 1 N–H and O–H groups in total. The van der Waals surface area contributed by atoms with Crippen LogP contribution in [0.3, 0.4) is 0 Å². The van der Waals surface area contributed by atoms with Crippen molar-refractivity contribution in [2.45, 2.75) is 26.2 Å². The maximum Gasteiger partial charge on any atom is 0.122 e. The molecule has 19 heavy (non-hydrogen) atoms. The minimum atomic E-state index is 1.03. The van der Waals surface area contributed by atoms with Crippen LogP contribution >= 0.6 is 0 Å². The second-order valence-corrected chi connectivity index (χ2v) is 5.19. The van der Waals surface area contributed by atoms with E-state index in [0.717, 1.165) is 44.8 Å². The van der Waals surface area contributed by atoms with Gasteiger partial charge >= 0.3 is 0 Å². The van der Waals surface area contributed by atoms with Crippen LogP contribution in [-0.4, -0.2) is 44.7 Å².